The predicted molar refractivity (Wildman–Crippen MR) is 115 cm³/mol. The van der Waals surface area contributed by atoms with Gasteiger partial charge in [-0.3, -0.25) is 19.4 Å². The van der Waals surface area contributed by atoms with Crippen molar-refractivity contribution >= 4 is 29.7 Å². The zero-order valence-corrected chi connectivity index (χ0v) is 18.4. The van der Waals surface area contributed by atoms with Crippen LogP contribution in [0, 0.1) is 5.92 Å². The highest BCUT2D eigenvalue weighted by molar-refractivity contribution is 5.94. The maximum absolute atomic E-state index is 12.7. The summed E-state index contributed by atoms with van der Waals surface area (Å²) in [6.45, 7) is 3.81. The summed E-state index contributed by atoms with van der Waals surface area (Å²) in [5.41, 5.74) is 16.1. The fourth-order valence-electron chi connectivity index (χ4n) is 2.49. The number of guanidine groups is 1. The van der Waals surface area contributed by atoms with Crippen LogP contribution in [0.4, 0.5) is 0 Å². The fourth-order valence-corrected chi connectivity index (χ4v) is 2.49. The molecule has 0 aliphatic heterocycles. The van der Waals surface area contributed by atoms with Crippen molar-refractivity contribution < 1.29 is 34.5 Å². The van der Waals surface area contributed by atoms with Gasteiger partial charge in [-0.15, -0.1) is 0 Å². The number of carbonyl (C=O) groups is 4. The molecule has 14 heteroatoms. The highest BCUT2D eigenvalue weighted by Gasteiger charge is 2.31. The third-order valence-electron chi connectivity index (χ3n) is 4.45. The van der Waals surface area contributed by atoms with Crippen molar-refractivity contribution in [2.75, 3.05) is 13.2 Å². The molecule has 5 unspecified atom stereocenters. The molecule has 0 radical (unpaired) electrons. The van der Waals surface area contributed by atoms with E-state index < -0.39 is 66.5 Å². The number of hydrogen-bond acceptors (Lipinski definition) is 8. The van der Waals surface area contributed by atoms with E-state index in [1.807, 2.05) is 0 Å². The number of aliphatic imine (C=N–C) groups is 1. The Kier molecular flexibility index (Phi) is 12.8. The molecule has 0 saturated carbocycles. The molecule has 0 rings (SSSR count). The Morgan fingerprint density at radius 1 is 0.938 bits per heavy atom. The van der Waals surface area contributed by atoms with E-state index in [2.05, 4.69) is 20.9 Å². The number of amides is 3. The van der Waals surface area contributed by atoms with Gasteiger partial charge in [-0.2, -0.15) is 0 Å². The number of carboxylic acid groups (broad SMARTS) is 1. The minimum atomic E-state index is -1.47. The number of nitrogens with two attached hydrogens (primary N) is 3. The SMILES string of the molecule is CC(C)C(NC(=O)C(CO)NC(=O)C(CCCN=C(N)N)NC(=O)C(N)C(C)O)C(=O)O. The molecule has 0 heterocycles. The van der Waals surface area contributed by atoms with Crippen molar-refractivity contribution in [2.45, 2.75) is 63.9 Å². The van der Waals surface area contributed by atoms with E-state index >= 15 is 0 Å². The van der Waals surface area contributed by atoms with Crippen LogP contribution in [-0.4, -0.2) is 88.4 Å². The highest BCUT2D eigenvalue weighted by atomic mass is 16.4. The Bertz CT molecular complexity index is 681. The molecule has 5 atom stereocenters. The molecular formula is C18H35N7O7. The van der Waals surface area contributed by atoms with Gasteiger partial charge in [0.25, 0.3) is 0 Å². The van der Waals surface area contributed by atoms with Crippen molar-refractivity contribution in [3.8, 4) is 0 Å². The van der Waals surface area contributed by atoms with Crippen LogP contribution in [0.15, 0.2) is 4.99 Å². The lowest BCUT2D eigenvalue weighted by atomic mass is 10.0. The lowest BCUT2D eigenvalue weighted by Crippen LogP contribution is -2.59. The summed E-state index contributed by atoms with van der Waals surface area (Å²) in [7, 11) is 0. The van der Waals surface area contributed by atoms with Gasteiger partial charge >= 0.3 is 5.97 Å². The minimum absolute atomic E-state index is 0.0460. The number of aliphatic hydroxyl groups is 2. The third kappa shape index (κ3) is 10.4. The highest BCUT2D eigenvalue weighted by Crippen LogP contribution is 2.04. The quantitative estimate of drug-likeness (QED) is 0.0686. The Morgan fingerprint density at radius 3 is 1.91 bits per heavy atom. The van der Waals surface area contributed by atoms with Gasteiger partial charge in [-0.25, -0.2) is 4.79 Å². The minimum Gasteiger partial charge on any atom is -0.480 e. The second-order valence-electron chi connectivity index (χ2n) is 7.59. The Hall–Kier alpha value is -2.97. The smallest absolute Gasteiger partial charge is 0.326 e. The molecule has 0 aromatic rings. The van der Waals surface area contributed by atoms with Gasteiger partial charge in [0.15, 0.2) is 5.96 Å². The Labute approximate surface area is 186 Å². The summed E-state index contributed by atoms with van der Waals surface area (Å²) in [6.07, 6.45) is -0.866. The van der Waals surface area contributed by atoms with Crippen LogP contribution in [0.1, 0.15) is 33.6 Å². The molecule has 0 fully saturated rings. The van der Waals surface area contributed by atoms with Crippen molar-refractivity contribution in [1.29, 1.82) is 0 Å². The normalized spacial score (nSPS) is 15.6. The van der Waals surface area contributed by atoms with Gasteiger partial charge in [-0.1, -0.05) is 13.8 Å². The van der Waals surface area contributed by atoms with E-state index in [-0.39, 0.29) is 25.3 Å². The maximum atomic E-state index is 12.7. The number of aliphatic carboxylic acids is 1. The zero-order chi connectivity index (χ0) is 25.0. The Balaban J connectivity index is 5.34. The lowest BCUT2D eigenvalue weighted by molar-refractivity contribution is -0.143. The molecule has 0 bridgehead atoms. The first-order valence-electron chi connectivity index (χ1n) is 10.1. The number of nitrogens with zero attached hydrogens (tertiary/aromatic N) is 1. The summed E-state index contributed by atoms with van der Waals surface area (Å²) < 4.78 is 0. The largest absolute Gasteiger partial charge is 0.480 e. The Morgan fingerprint density at radius 2 is 1.47 bits per heavy atom. The van der Waals surface area contributed by atoms with Crippen LogP contribution in [0.3, 0.4) is 0 Å². The van der Waals surface area contributed by atoms with Crippen LogP contribution in [0.2, 0.25) is 0 Å². The molecule has 0 aliphatic rings. The maximum Gasteiger partial charge on any atom is 0.326 e. The molecule has 12 N–H and O–H groups in total. The van der Waals surface area contributed by atoms with E-state index in [1.54, 1.807) is 13.8 Å². The predicted octanol–water partition coefficient (Wildman–Crippen LogP) is -4.06. The third-order valence-corrected chi connectivity index (χ3v) is 4.45. The molecule has 3 amide bonds. The lowest BCUT2D eigenvalue weighted by Gasteiger charge is -2.25. The number of aliphatic hydroxyl groups excluding tert-OH is 2. The number of hydrogen-bond donors (Lipinski definition) is 9. The molecule has 184 valence electrons. The van der Waals surface area contributed by atoms with Crippen LogP contribution in [-0.2, 0) is 19.2 Å². The monoisotopic (exact) mass is 461 g/mol. The summed E-state index contributed by atoms with van der Waals surface area (Å²) >= 11 is 0. The second-order valence-corrected chi connectivity index (χ2v) is 7.59. The number of nitrogens with one attached hydrogen (secondary N) is 3. The first-order chi connectivity index (χ1) is 14.8. The van der Waals surface area contributed by atoms with Gasteiger partial charge in [-0.05, 0) is 25.7 Å². The average molecular weight is 462 g/mol. The standard InChI is InChI=1S/C18H35N7O7/c1-8(2)13(17(31)32)25-15(29)11(7-26)24-14(28)10(5-4-6-22-18(20)21)23-16(30)12(19)9(3)27/h8-13,26-27H,4-7,19H2,1-3H3,(H,23,30)(H,24,28)(H,25,29)(H,31,32)(H4,20,21,22). The van der Waals surface area contributed by atoms with Crippen molar-refractivity contribution in [3.05, 3.63) is 0 Å². The average Bonchev–Trinajstić information content (AvgIpc) is 2.70. The van der Waals surface area contributed by atoms with Gasteiger partial charge in [0.1, 0.15) is 24.2 Å². The van der Waals surface area contributed by atoms with E-state index in [4.69, 9.17) is 17.2 Å². The topological polar surface area (TPSA) is 255 Å². The summed E-state index contributed by atoms with van der Waals surface area (Å²) in [6, 6.07) is -5.19. The van der Waals surface area contributed by atoms with E-state index in [9.17, 15) is 34.5 Å². The van der Waals surface area contributed by atoms with Crippen LogP contribution in [0.5, 0.6) is 0 Å². The van der Waals surface area contributed by atoms with Crippen LogP contribution < -0.4 is 33.2 Å². The van der Waals surface area contributed by atoms with Crippen LogP contribution in [0.25, 0.3) is 0 Å². The molecule has 0 saturated heterocycles. The summed E-state index contributed by atoms with van der Waals surface area (Å²) in [5, 5.41) is 35.1. The fraction of sp³-hybridized carbons (Fsp3) is 0.722. The number of rotatable bonds is 14. The molecule has 0 spiro atoms. The van der Waals surface area contributed by atoms with Gasteiger partial charge in [0.2, 0.25) is 17.7 Å². The van der Waals surface area contributed by atoms with E-state index in [0.717, 1.165) is 0 Å². The van der Waals surface area contributed by atoms with Crippen molar-refractivity contribution in [2.24, 2.45) is 28.1 Å². The zero-order valence-electron chi connectivity index (χ0n) is 18.4. The molecule has 0 aromatic heterocycles. The van der Waals surface area contributed by atoms with Crippen molar-refractivity contribution in [3.63, 3.8) is 0 Å². The summed E-state index contributed by atoms with van der Waals surface area (Å²) in [5.74, 6) is -4.41. The molecule has 0 aliphatic carbocycles. The van der Waals surface area contributed by atoms with Gasteiger partial charge in [0, 0.05) is 6.54 Å². The van der Waals surface area contributed by atoms with Crippen molar-refractivity contribution in [1.82, 2.24) is 16.0 Å². The molecule has 14 nitrogen and oxygen atoms in total. The molecule has 32 heavy (non-hydrogen) atoms. The number of carbonyl (C=O) groups excluding carboxylic acids is 3. The summed E-state index contributed by atoms with van der Waals surface area (Å²) in [4.78, 5) is 52.3. The first kappa shape index (κ1) is 29.0. The van der Waals surface area contributed by atoms with Gasteiger partial charge < -0.3 is 48.5 Å². The van der Waals surface area contributed by atoms with E-state index in [0.29, 0.717) is 0 Å². The number of carboxylic acids is 1. The van der Waals surface area contributed by atoms with Gasteiger partial charge in [0.05, 0.1) is 12.7 Å². The molecule has 0 aromatic carbocycles. The first-order valence-corrected chi connectivity index (χ1v) is 10.1. The van der Waals surface area contributed by atoms with E-state index in [1.165, 1.54) is 6.92 Å². The molecular weight excluding hydrogens is 426 g/mol. The van der Waals surface area contributed by atoms with Crippen LogP contribution >= 0.6 is 0 Å². The second kappa shape index (κ2) is 14.2.